The Hall–Kier alpha value is -1.52. The van der Waals surface area contributed by atoms with Gasteiger partial charge in [-0.2, -0.15) is 13.2 Å². The zero-order chi connectivity index (χ0) is 12.2. The van der Waals surface area contributed by atoms with Gasteiger partial charge in [-0.05, 0) is 36.1 Å². The Bertz CT molecular complexity index is 507. The van der Waals surface area contributed by atoms with Crippen molar-refractivity contribution < 1.29 is 18.0 Å². The first-order valence-electron chi connectivity index (χ1n) is 5.50. The third-order valence-corrected chi connectivity index (χ3v) is 3.38. The fraction of sp³-hybridized carbons (Fsp3) is 0.417. The van der Waals surface area contributed by atoms with Crippen molar-refractivity contribution in [2.45, 2.75) is 25.4 Å². The van der Waals surface area contributed by atoms with E-state index in [0.717, 1.165) is 5.69 Å². The third-order valence-electron chi connectivity index (χ3n) is 3.38. The van der Waals surface area contributed by atoms with Gasteiger partial charge in [-0.3, -0.25) is 4.79 Å². The van der Waals surface area contributed by atoms with E-state index in [-0.39, 0.29) is 5.91 Å². The van der Waals surface area contributed by atoms with E-state index in [1.54, 1.807) is 4.90 Å². The molecule has 0 N–H and O–H groups in total. The molecule has 0 bridgehead atoms. The van der Waals surface area contributed by atoms with E-state index in [9.17, 15) is 18.0 Å². The third kappa shape index (κ3) is 1.52. The summed E-state index contributed by atoms with van der Waals surface area (Å²) in [5.41, 5.74) is 1.45. The second kappa shape index (κ2) is 3.24. The number of anilines is 1. The van der Waals surface area contributed by atoms with Crippen molar-refractivity contribution in [3.8, 4) is 0 Å². The highest BCUT2D eigenvalue weighted by atomic mass is 19.4. The summed E-state index contributed by atoms with van der Waals surface area (Å²) in [6.45, 7) is 0.516. The van der Waals surface area contributed by atoms with Crippen LogP contribution in [0, 0.1) is 0 Å². The zero-order valence-electron chi connectivity index (χ0n) is 8.97. The number of benzene rings is 1. The van der Waals surface area contributed by atoms with Crippen LogP contribution in [0.2, 0.25) is 0 Å². The normalized spacial score (nSPS) is 18.5. The fourth-order valence-corrected chi connectivity index (χ4v) is 2.62. The second-order valence-electron chi connectivity index (χ2n) is 4.44. The van der Waals surface area contributed by atoms with E-state index >= 15 is 0 Å². The van der Waals surface area contributed by atoms with Crippen LogP contribution in [0.5, 0.6) is 0 Å². The van der Waals surface area contributed by atoms with Gasteiger partial charge < -0.3 is 4.90 Å². The SMILES string of the molecule is O=C1CCc2cc(C(F)(F)F)cc3c2N1CC3. The Labute approximate surface area is 96.0 Å². The monoisotopic (exact) mass is 241 g/mol. The van der Waals surface area contributed by atoms with Gasteiger partial charge in [0.25, 0.3) is 0 Å². The first kappa shape index (κ1) is 10.6. The quantitative estimate of drug-likeness (QED) is 0.683. The molecule has 0 aromatic heterocycles. The van der Waals surface area contributed by atoms with Gasteiger partial charge in [0.2, 0.25) is 5.91 Å². The molecule has 0 spiro atoms. The van der Waals surface area contributed by atoms with Crippen molar-refractivity contribution in [2.24, 2.45) is 0 Å². The average Bonchev–Trinajstić information content (AvgIpc) is 2.67. The summed E-state index contributed by atoms with van der Waals surface area (Å²) in [7, 11) is 0. The lowest BCUT2D eigenvalue weighted by Gasteiger charge is -2.26. The Morgan fingerprint density at radius 3 is 2.35 bits per heavy atom. The molecule has 0 saturated heterocycles. The zero-order valence-corrected chi connectivity index (χ0v) is 8.97. The predicted octanol–water partition coefficient (Wildman–Crippen LogP) is 2.54. The first-order chi connectivity index (χ1) is 7.97. The maximum atomic E-state index is 12.7. The Balaban J connectivity index is 2.17. The minimum atomic E-state index is -4.31. The topological polar surface area (TPSA) is 20.3 Å². The molecule has 1 aromatic carbocycles. The van der Waals surface area contributed by atoms with Crippen molar-refractivity contribution in [1.29, 1.82) is 0 Å². The summed E-state index contributed by atoms with van der Waals surface area (Å²) in [4.78, 5) is 13.2. The Morgan fingerprint density at radius 2 is 1.71 bits per heavy atom. The van der Waals surface area contributed by atoms with Gasteiger partial charge in [0, 0.05) is 13.0 Å². The smallest absolute Gasteiger partial charge is 0.312 e. The summed E-state index contributed by atoms with van der Waals surface area (Å²) in [6.07, 6.45) is -3.05. The first-order valence-corrected chi connectivity index (χ1v) is 5.50. The van der Waals surface area contributed by atoms with Crippen LogP contribution in [-0.2, 0) is 23.8 Å². The van der Waals surface area contributed by atoms with Gasteiger partial charge in [0.15, 0.2) is 0 Å². The maximum absolute atomic E-state index is 12.7. The van der Waals surface area contributed by atoms with Gasteiger partial charge in [0.05, 0.1) is 11.3 Å². The molecule has 2 nitrogen and oxygen atoms in total. The lowest BCUT2D eigenvalue weighted by molar-refractivity contribution is -0.137. The van der Waals surface area contributed by atoms with Crippen LogP contribution in [0.3, 0.4) is 0 Å². The molecule has 0 radical (unpaired) electrons. The summed E-state index contributed by atoms with van der Waals surface area (Å²) >= 11 is 0. The largest absolute Gasteiger partial charge is 0.416 e. The van der Waals surface area contributed by atoms with Crippen molar-refractivity contribution in [3.63, 3.8) is 0 Å². The van der Waals surface area contributed by atoms with Crippen molar-refractivity contribution in [3.05, 3.63) is 28.8 Å². The number of aryl methyl sites for hydroxylation is 1. The molecule has 1 amide bonds. The fourth-order valence-electron chi connectivity index (χ4n) is 2.62. The molecular weight excluding hydrogens is 231 g/mol. The molecule has 0 saturated carbocycles. The van der Waals surface area contributed by atoms with E-state index in [1.165, 1.54) is 12.1 Å². The van der Waals surface area contributed by atoms with Crippen LogP contribution in [-0.4, -0.2) is 12.5 Å². The molecule has 0 fully saturated rings. The maximum Gasteiger partial charge on any atom is 0.416 e. The van der Waals surface area contributed by atoms with E-state index in [4.69, 9.17) is 0 Å². The summed E-state index contributed by atoms with van der Waals surface area (Å²) < 4.78 is 38.1. The van der Waals surface area contributed by atoms with Crippen LogP contribution in [0.15, 0.2) is 12.1 Å². The molecule has 3 rings (SSSR count). The van der Waals surface area contributed by atoms with Crippen LogP contribution >= 0.6 is 0 Å². The molecule has 0 atom stereocenters. The highest BCUT2D eigenvalue weighted by molar-refractivity contribution is 5.98. The Kier molecular flexibility index (Phi) is 2.03. The van der Waals surface area contributed by atoms with Crippen molar-refractivity contribution >= 4 is 11.6 Å². The van der Waals surface area contributed by atoms with Gasteiger partial charge in [0.1, 0.15) is 0 Å². The Morgan fingerprint density at radius 1 is 1.06 bits per heavy atom. The van der Waals surface area contributed by atoms with Gasteiger partial charge in [-0.15, -0.1) is 0 Å². The van der Waals surface area contributed by atoms with Crippen LogP contribution in [0.25, 0.3) is 0 Å². The van der Waals surface area contributed by atoms with Crippen LogP contribution in [0.4, 0.5) is 18.9 Å². The number of hydrogen-bond acceptors (Lipinski definition) is 1. The molecule has 17 heavy (non-hydrogen) atoms. The highest BCUT2D eigenvalue weighted by Gasteiger charge is 2.36. The number of rotatable bonds is 0. The molecule has 0 unspecified atom stereocenters. The lowest BCUT2D eigenvalue weighted by atomic mass is 9.96. The number of halogens is 3. The minimum absolute atomic E-state index is 0.0241. The summed E-state index contributed by atoms with van der Waals surface area (Å²) in [5.74, 6) is 0.0241. The highest BCUT2D eigenvalue weighted by Crippen LogP contribution is 2.41. The van der Waals surface area contributed by atoms with Gasteiger partial charge in [-0.25, -0.2) is 0 Å². The number of carbonyl (C=O) groups excluding carboxylic acids is 1. The number of hydrogen-bond donors (Lipinski definition) is 0. The van der Waals surface area contributed by atoms with E-state index < -0.39 is 11.7 Å². The lowest BCUT2D eigenvalue weighted by Crippen LogP contribution is -2.33. The average molecular weight is 241 g/mol. The minimum Gasteiger partial charge on any atom is -0.312 e. The van der Waals surface area contributed by atoms with Crippen LogP contribution in [0.1, 0.15) is 23.1 Å². The predicted molar refractivity (Wildman–Crippen MR) is 55.8 cm³/mol. The standard InChI is InChI=1S/C12H10F3NO/c13-12(14,15)9-5-7-1-2-10(17)16-4-3-8(6-9)11(7)16/h5-6H,1-4H2. The number of carbonyl (C=O) groups is 1. The summed E-state index contributed by atoms with van der Waals surface area (Å²) in [5, 5.41) is 0. The van der Waals surface area contributed by atoms with E-state index in [0.29, 0.717) is 36.9 Å². The number of alkyl halides is 3. The molecule has 5 heteroatoms. The van der Waals surface area contributed by atoms with Gasteiger partial charge >= 0.3 is 6.18 Å². The molecular formula is C12H10F3NO. The molecule has 2 aliphatic rings. The molecule has 2 heterocycles. The van der Waals surface area contributed by atoms with Gasteiger partial charge in [-0.1, -0.05) is 0 Å². The number of nitrogens with zero attached hydrogens (tertiary/aromatic N) is 1. The van der Waals surface area contributed by atoms with Crippen molar-refractivity contribution in [1.82, 2.24) is 0 Å². The summed E-state index contributed by atoms with van der Waals surface area (Å²) in [6, 6.07) is 2.36. The molecule has 90 valence electrons. The van der Waals surface area contributed by atoms with Crippen molar-refractivity contribution in [2.75, 3.05) is 11.4 Å². The van der Waals surface area contributed by atoms with E-state index in [2.05, 4.69) is 0 Å². The molecule has 2 aliphatic heterocycles. The molecule has 0 aliphatic carbocycles. The van der Waals surface area contributed by atoms with Crippen LogP contribution < -0.4 is 4.90 Å². The second-order valence-corrected chi connectivity index (χ2v) is 4.44. The molecule has 1 aromatic rings. The van der Waals surface area contributed by atoms with E-state index in [1.807, 2.05) is 0 Å². The number of amides is 1.